The summed E-state index contributed by atoms with van der Waals surface area (Å²) in [5.41, 5.74) is 1.17. The number of β-amino-alcohol motifs (C(OH)–C–C–N with tert-alkyl or cyclic N) is 1. The summed E-state index contributed by atoms with van der Waals surface area (Å²) in [7, 11) is 0. The van der Waals surface area contributed by atoms with Gasteiger partial charge < -0.3 is 10.0 Å². The van der Waals surface area contributed by atoms with Gasteiger partial charge in [0.25, 0.3) is 0 Å². The summed E-state index contributed by atoms with van der Waals surface area (Å²) in [5.74, 6) is 0.972. The highest BCUT2D eigenvalue weighted by atomic mass is 16.3. The molecular weight excluding hydrogens is 176 g/mol. The van der Waals surface area contributed by atoms with Gasteiger partial charge in [0.2, 0.25) is 0 Å². The number of anilines is 1. The van der Waals surface area contributed by atoms with E-state index in [1.54, 1.807) is 0 Å². The van der Waals surface area contributed by atoms with Gasteiger partial charge in [-0.25, -0.2) is 4.98 Å². The molecule has 2 atom stereocenters. The van der Waals surface area contributed by atoms with E-state index in [1.807, 2.05) is 19.2 Å². The van der Waals surface area contributed by atoms with Gasteiger partial charge >= 0.3 is 0 Å². The van der Waals surface area contributed by atoms with Crippen LogP contribution in [-0.2, 0) is 0 Å². The number of aliphatic hydroxyl groups is 1. The first-order chi connectivity index (χ1) is 6.66. The van der Waals surface area contributed by atoms with Crippen molar-refractivity contribution in [3.05, 3.63) is 23.9 Å². The van der Waals surface area contributed by atoms with E-state index in [1.165, 1.54) is 5.56 Å². The smallest absolute Gasteiger partial charge is 0.128 e. The van der Waals surface area contributed by atoms with Crippen molar-refractivity contribution in [2.24, 2.45) is 0 Å². The standard InChI is InChI=1S/C11H16N2O/c1-8-3-4-11(12-6-8)13-7-10(14)5-9(13)2/h3-4,6,9-10,14H,5,7H2,1-2H3. The van der Waals surface area contributed by atoms with E-state index >= 15 is 0 Å². The fraction of sp³-hybridized carbons (Fsp3) is 0.545. The first-order valence-corrected chi connectivity index (χ1v) is 5.04. The van der Waals surface area contributed by atoms with Crippen LogP contribution in [0.15, 0.2) is 18.3 Å². The Morgan fingerprint density at radius 1 is 1.50 bits per heavy atom. The molecule has 0 aliphatic carbocycles. The zero-order valence-corrected chi connectivity index (χ0v) is 8.64. The second-order valence-corrected chi connectivity index (χ2v) is 4.08. The second kappa shape index (κ2) is 3.58. The van der Waals surface area contributed by atoms with Gasteiger partial charge in [0.05, 0.1) is 6.10 Å². The van der Waals surface area contributed by atoms with Crippen molar-refractivity contribution in [2.45, 2.75) is 32.4 Å². The van der Waals surface area contributed by atoms with Crippen molar-refractivity contribution >= 4 is 5.82 Å². The van der Waals surface area contributed by atoms with E-state index in [4.69, 9.17) is 0 Å². The zero-order chi connectivity index (χ0) is 10.1. The van der Waals surface area contributed by atoms with Crippen molar-refractivity contribution < 1.29 is 5.11 Å². The normalized spacial score (nSPS) is 26.9. The van der Waals surface area contributed by atoms with Crippen LogP contribution >= 0.6 is 0 Å². The molecular formula is C11H16N2O. The van der Waals surface area contributed by atoms with E-state index < -0.39 is 0 Å². The largest absolute Gasteiger partial charge is 0.391 e. The highest BCUT2D eigenvalue weighted by molar-refractivity contribution is 5.41. The SMILES string of the molecule is Cc1ccc(N2CC(O)CC2C)nc1. The fourth-order valence-electron chi connectivity index (χ4n) is 1.95. The average molecular weight is 192 g/mol. The Bertz CT molecular complexity index is 310. The van der Waals surface area contributed by atoms with Crippen LogP contribution in [0, 0.1) is 6.92 Å². The number of aromatic nitrogens is 1. The Morgan fingerprint density at radius 2 is 2.29 bits per heavy atom. The molecule has 0 bridgehead atoms. The van der Waals surface area contributed by atoms with Crippen molar-refractivity contribution in [3.8, 4) is 0 Å². The van der Waals surface area contributed by atoms with Crippen LogP contribution < -0.4 is 4.90 Å². The minimum absolute atomic E-state index is 0.201. The van der Waals surface area contributed by atoms with Crippen molar-refractivity contribution in [1.29, 1.82) is 0 Å². The molecule has 14 heavy (non-hydrogen) atoms. The summed E-state index contributed by atoms with van der Waals surface area (Å²) < 4.78 is 0. The van der Waals surface area contributed by atoms with Crippen LogP contribution in [0.1, 0.15) is 18.9 Å². The van der Waals surface area contributed by atoms with E-state index in [-0.39, 0.29) is 6.10 Å². The highest BCUT2D eigenvalue weighted by Crippen LogP contribution is 2.23. The Hall–Kier alpha value is -1.09. The van der Waals surface area contributed by atoms with Crippen molar-refractivity contribution in [1.82, 2.24) is 4.98 Å². The number of hydrogen-bond donors (Lipinski definition) is 1. The topological polar surface area (TPSA) is 36.4 Å². The summed E-state index contributed by atoms with van der Waals surface area (Å²) in [5, 5.41) is 9.52. The first-order valence-electron chi connectivity index (χ1n) is 5.04. The average Bonchev–Trinajstić information content (AvgIpc) is 2.47. The quantitative estimate of drug-likeness (QED) is 0.729. The summed E-state index contributed by atoms with van der Waals surface area (Å²) in [6.07, 6.45) is 2.51. The Morgan fingerprint density at radius 3 is 2.79 bits per heavy atom. The van der Waals surface area contributed by atoms with Gasteiger partial charge in [-0.05, 0) is 31.9 Å². The lowest BCUT2D eigenvalue weighted by molar-refractivity contribution is 0.195. The monoisotopic (exact) mass is 192 g/mol. The van der Waals surface area contributed by atoms with E-state index in [2.05, 4.69) is 22.9 Å². The molecule has 0 saturated carbocycles. The first kappa shape index (κ1) is 9.46. The third-order valence-electron chi connectivity index (χ3n) is 2.74. The predicted octanol–water partition coefficient (Wildman–Crippen LogP) is 1.35. The van der Waals surface area contributed by atoms with Gasteiger partial charge in [0.1, 0.15) is 5.82 Å². The lowest BCUT2D eigenvalue weighted by atomic mass is 10.2. The number of nitrogens with zero attached hydrogens (tertiary/aromatic N) is 2. The molecule has 3 nitrogen and oxygen atoms in total. The Balaban J connectivity index is 2.19. The summed E-state index contributed by atoms with van der Waals surface area (Å²) >= 11 is 0. The summed E-state index contributed by atoms with van der Waals surface area (Å²) in [6, 6.07) is 4.46. The Labute approximate surface area is 84.4 Å². The van der Waals surface area contributed by atoms with Crippen molar-refractivity contribution in [3.63, 3.8) is 0 Å². The van der Waals surface area contributed by atoms with Gasteiger partial charge in [-0.3, -0.25) is 0 Å². The van der Waals surface area contributed by atoms with Crippen LogP contribution in [0.4, 0.5) is 5.82 Å². The lowest BCUT2D eigenvalue weighted by Gasteiger charge is -2.22. The molecule has 2 heterocycles. The minimum Gasteiger partial charge on any atom is -0.391 e. The molecule has 0 aromatic carbocycles. The third kappa shape index (κ3) is 1.73. The molecule has 2 unspecified atom stereocenters. The second-order valence-electron chi connectivity index (χ2n) is 4.08. The molecule has 1 saturated heterocycles. The van der Waals surface area contributed by atoms with Crippen LogP contribution in [0.2, 0.25) is 0 Å². The fourth-order valence-corrected chi connectivity index (χ4v) is 1.95. The molecule has 1 N–H and O–H groups in total. The molecule has 3 heteroatoms. The maximum atomic E-state index is 9.52. The molecule has 76 valence electrons. The Kier molecular flexibility index (Phi) is 2.42. The predicted molar refractivity (Wildman–Crippen MR) is 56.4 cm³/mol. The molecule has 0 amide bonds. The zero-order valence-electron chi connectivity index (χ0n) is 8.64. The summed E-state index contributed by atoms with van der Waals surface area (Å²) in [6.45, 7) is 4.86. The third-order valence-corrected chi connectivity index (χ3v) is 2.74. The van der Waals surface area contributed by atoms with Gasteiger partial charge in [0, 0.05) is 18.8 Å². The van der Waals surface area contributed by atoms with Crippen LogP contribution in [0.5, 0.6) is 0 Å². The van der Waals surface area contributed by atoms with Crippen LogP contribution in [0.25, 0.3) is 0 Å². The summed E-state index contributed by atoms with van der Waals surface area (Å²) in [4.78, 5) is 6.52. The molecule has 0 radical (unpaired) electrons. The number of pyridine rings is 1. The number of aryl methyl sites for hydroxylation is 1. The van der Waals surface area contributed by atoms with Crippen LogP contribution in [0.3, 0.4) is 0 Å². The molecule has 1 aromatic heterocycles. The molecule has 1 fully saturated rings. The minimum atomic E-state index is -0.201. The van der Waals surface area contributed by atoms with Crippen molar-refractivity contribution in [2.75, 3.05) is 11.4 Å². The maximum Gasteiger partial charge on any atom is 0.128 e. The van der Waals surface area contributed by atoms with E-state index in [0.29, 0.717) is 12.6 Å². The van der Waals surface area contributed by atoms with Gasteiger partial charge in [0.15, 0.2) is 0 Å². The van der Waals surface area contributed by atoms with E-state index in [0.717, 1.165) is 12.2 Å². The van der Waals surface area contributed by atoms with Gasteiger partial charge in [-0.1, -0.05) is 6.07 Å². The number of aliphatic hydroxyl groups excluding tert-OH is 1. The lowest BCUT2D eigenvalue weighted by Crippen LogP contribution is -2.28. The number of rotatable bonds is 1. The molecule has 2 rings (SSSR count). The van der Waals surface area contributed by atoms with Crippen LogP contribution in [-0.4, -0.2) is 28.8 Å². The maximum absolute atomic E-state index is 9.52. The number of hydrogen-bond acceptors (Lipinski definition) is 3. The highest BCUT2D eigenvalue weighted by Gasteiger charge is 2.28. The van der Waals surface area contributed by atoms with E-state index in [9.17, 15) is 5.11 Å². The van der Waals surface area contributed by atoms with Gasteiger partial charge in [-0.2, -0.15) is 0 Å². The molecule has 1 aliphatic rings. The molecule has 0 spiro atoms. The molecule has 1 aliphatic heterocycles. The molecule has 1 aromatic rings. The van der Waals surface area contributed by atoms with Gasteiger partial charge in [-0.15, -0.1) is 0 Å².